The molecule has 1 N–H and O–H groups in total. The molecule has 0 spiro atoms. The topological polar surface area (TPSA) is 25.2 Å². The van der Waals surface area contributed by atoms with E-state index in [1.807, 2.05) is 24.3 Å². The van der Waals surface area contributed by atoms with Crippen LogP contribution in [0.4, 0.5) is 0 Å². The summed E-state index contributed by atoms with van der Waals surface area (Å²) in [5.74, 6) is 0.528. The standard InChI is InChI=1S/C13H16ClNO/c1-9(2)7-15-12-6-4-3-5-10(12)11(8-16)13(15)14/h3-6,9,16H,7-8H2,1-2H3. The van der Waals surface area contributed by atoms with Gasteiger partial charge in [0.1, 0.15) is 5.15 Å². The fourth-order valence-corrected chi connectivity index (χ4v) is 2.36. The van der Waals surface area contributed by atoms with Gasteiger partial charge in [-0.15, -0.1) is 0 Å². The van der Waals surface area contributed by atoms with Gasteiger partial charge in [0.15, 0.2) is 0 Å². The highest BCUT2D eigenvalue weighted by Gasteiger charge is 2.14. The van der Waals surface area contributed by atoms with E-state index in [1.54, 1.807) is 0 Å². The number of halogens is 1. The number of hydrogen-bond donors (Lipinski definition) is 1. The van der Waals surface area contributed by atoms with Crippen LogP contribution in [0.15, 0.2) is 24.3 Å². The van der Waals surface area contributed by atoms with Crippen LogP contribution in [0, 0.1) is 5.92 Å². The lowest BCUT2D eigenvalue weighted by molar-refractivity contribution is 0.283. The highest BCUT2D eigenvalue weighted by molar-refractivity contribution is 6.32. The summed E-state index contributed by atoms with van der Waals surface area (Å²) in [7, 11) is 0. The zero-order valence-electron chi connectivity index (χ0n) is 9.57. The average molecular weight is 238 g/mol. The third-order valence-corrected chi connectivity index (χ3v) is 3.14. The van der Waals surface area contributed by atoms with E-state index in [-0.39, 0.29) is 6.61 Å². The Morgan fingerprint density at radius 3 is 2.62 bits per heavy atom. The molecule has 0 amide bonds. The molecule has 0 atom stereocenters. The van der Waals surface area contributed by atoms with Gasteiger partial charge in [-0.05, 0) is 12.0 Å². The van der Waals surface area contributed by atoms with Crippen molar-refractivity contribution in [3.63, 3.8) is 0 Å². The van der Waals surface area contributed by atoms with Gasteiger partial charge in [-0.3, -0.25) is 0 Å². The van der Waals surface area contributed by atoms with Crippen LogP contribution in [0.3, 0.4) is 0 Å². The summed E-state index contributed by atoms with van der Waals surface area (Å²) in [5, 5.41) is 11.1. The maximum Gasteiger partial charge on any atom is 0.115 e. The molecule has 86 valence electrons. The summed E-state index contributed by atoms with van der Waals surface area (Å²) in [5.41, 5.74) is 1.93. The monoisotopic (exact) mass is 237 g/mol. The van der Waals surface area contributed by atoms with Gasteiger partial charge in [-0.1, -0.05) is 43.6 Å². The van der Waals surface area contributed by atoms with Crippen molar-refractivity contribution in [3.05, 3.63) is 35.0 Å². The smallest absolute Gasteiger partial charge is 0.115 e. The molecule has 1 aromatic heterocycles. The normalized spacial score (nSPS) is 11.6. The fourth-order valence-electron chi connectivity index (χ4n) is 2.04. The second-order valence-electron chi connectivity index (χ2n) is 4.45. The van der Waals surface area contributed by atoms with Crippen molar-refractivity contribution in [3.8, 4) is 0 Å². The first-order valence-corrected chi connectivity index (χ1v) is 5.89. The zero-order valence-corrected chi connectivity index (χ0v) is 10.3. The second-order valence-corrected chi connectivity index (χ2v) is 4.81. The van der Waals surface area contributed by atoms with Crippen molar-refractivity contribution in [2.75, 3.05) is 0 Å². The van der Waals surface area contributed by atoms with Crippen molar-refractivity contribution < 1.29 is 5.11 Å². The van der Waals surface area contributed by atoms with Gasteiger partial charge in [0.05, 0.1) is 6.61 Å². The number of hydrogen-bond acceptors (Lipinski definition) is 1. The highest BCUT2D eigenvalue weighted by atomic mass is 35.5. The Morgan fingerprint density at radius 2 is 2.00 bits per heavy atom. The number of aliphatic hydroxyl groups is 1. The lowest BCUT2D eigenvalue weighted by atomic mass is 10.2. The van der Waals surface area contributed by atoms with E-state index < -0.39 is 0 Å². The summed E-state index contributed by atoms with van der Waals surface area (Å²) in [4.78, 5) is 0. The van der Waals surface area contributed by atoms with Gasteiger partial charge in [-0.25, -0.2) is 0 Å². The maximum absolute atomic E-state index is 9.37. The second kappa shape index (κ2) is 4.48. The molecule has 2 rings (SSSR count). The molecule has 1 aromatic carbocycles. The van der Waals surface area contributed by atoms with Gasteiger partial charge in [-0.2, -0.15) is 0 Å². The first-order valence-electron chi connectivity index (χ1n) is 5.51. The molecule has 1 heterocycles. The van der Waals surface area contributed by atoms with Crippen LogP contribution in [-0.4, -0.2) is 9.67 Å². The van der Waals surface area contributed by atoms with Crippen molar-refractivity contribution in [2.45, 2.75) is 27.0 Å². The first-order chi connectivity index (χ1) is 7.65. The summed E-state index contributed by atoms with van der Waals surface area (Å²) in [6.07, 6.45) is 0. The molecule has 0 bridgehead atoms. The van der Waals surface area contributed by atoms with E-state index in [1.165, 1.54) is 0 Å². The molecule has 0 saturated heterocycles. The van der Waals surface area contributed by atoms with Crippen LogP contribution in [-0.2, 0) is 13.2 Å². The van der Waals surface area contributed by atoms with Crippen LogP contribution >= 0.6 is 11.6 Å². The van der Waals surface area contributed by atoms with Gasteiger partial charge < -0.3 is 9.67 Å². The molecule has 0 aliphatic rings. The Bertz CT molecular complexity index is 502. The Balaban J connectivity index is 2.67. The molecule has 16 heavy (non-hydrogen) atoms. The summed E-state index contributed by atoms with van der Waals surface area (Å²) >= 11 is 6.30. The minimum Gasteiger partial charge on any atom is -0.392 e. The Labute approximate surface area is 100 Å². The minimum atomic E-state index is -0.00948. The average Bonchev–Trinajstić information content (AvgIpc) is 2.52. The fraction of sp³-hybridized carbons (Fsp3) is 0.385. The van der Waals surface area contributed by atoms with Crippen molar-refractivity contribution >= 4 is 22.5 Å². The quantitative estimate of drug-likeness (QED) is 0.869. The van der Waals surface area contributed by atoms with E-state index >= 15 is 0 Å². The number of aromatic nitrogens is 1. The first kappa shape index (κ1) is 11.5. The number of benzene rings is 1. The highest BCUT2D eigenvalue weighted by Crippen LogP contribution is 2.30. The third kappa shape index (κ3) is 1.83. The van der Waals surface area contributed by atoms with Gasteiger partial charge in [0, 0.05) is 23.0 Å². The van der Waals surface area contributed by atoms with Crippen molar-refractivity contribution in [2.24, 2.45) is 5.92 Å². The van der Waals surface area contributed by atoms with Crippen molar-refractivity contribution in [1.29, 1.82) is 0 Å². The molecule has 0 fully saturated rings. The zero-order chi connectivity index (χ0) is 11.7. The van der Waals surface area contributed by atoms with Gasteiger partial charge in [0.2, 0.25) is 0 Å². The molecule has 0 unspecified atom stereocenters. The number of para-hydroxylation sites is 1. The minimum absolute atomic E-state index is 0.00948. The van der Waals surface area contributed by atoms with Gasteiger partial charge >= 0.3 is 0 Å². The molecule has 0 saturated carbocycles. The van der Waals surface area contributed by atoms with Gasteiger partial charge in [0.25, 0.3) is 0 Å². The van der Waals surface area contributed by atoms with Crippen LogP contribution in [0.25, 0.3) is 10.9 Å². The van der Waals surface area contributed by atoms with E-state index in [4.69, 9.17) is 11.6 Å². The number of fused-ring (bicyclic) bond motifs is 1. The predicted molar refractivity (Wildman–Crippen MR) is 67.7 cm³/mol. The van der Waals surface area contributed by atoms with E-state index in [9.17, 15) is 5.11 Å². The Kier molecular flexibility index (Phi) is 3.22. The third-order valence-electron chi connectivity index (χ3n) is 2.71. The van der Waals surface area contributed by atoms with Crippen LogP contribution in [0.2, 0.25) is 5.15 Å². The summed E-state index contributed by atoms with van der Waals surface area (Å²) < 4.78 is 2.08. The lowest BCUT2D eigenvalue weighted by Crippen LogP contribution is -2.04. The Morgan fingerprint density at radius 1 is 1.31 bits per heavy atom. The number of nitrogens with zero attached hydrogens (tertiary/aromatic N) is 1. The lowest BCUT2D eigenvalue weighted by Gasteiger charge is -2.09. The van der Waals surface area contributed by atoms with Crippen LogP contribution < -0.4 is 0 Å². The molecule has 3 heteroatoms. The van der Waals surface area contributed by atoms with E-state index in [0.717, 1.165) is 23.0 Å². The molecule has 0 aliphatic carbocycles. The van der Waals surface area contributed by atoms with E-state index in [2.05, 4.69) is 18.4 Å². The molecule has 2 nitrogen and oxygen atoms in total. The number of rotatable bonds is 3. The molecular formula is C13H16ClNO. The molecular weight excluding hydrogens is 222 g/mol. The predicted octanol–water partition coefficient (Wildman–Crippen LogP) is 3.44. The number of aliphatic hydroxyl groups excluding tert-OH is 1. The Hall–Kier alpha value is -0.990. The van der Waals surface area contributed by atoms with Crippen LogP contribution in [0.1, 0.15) is 19.4 Å². The largest absolute Gasteiger partial charge is 0.392 e. The van der Waals surface area contributed by atoms with E-state index in [0.29, 0.717) is 11.1 Å². The maximum atomic E-state index is 9.37. The SMILES string of the molecule is CC(C)Cn1c(Cl)c(CO)c2ccccc21. The van der Waals surface area contributed by atoms with Crippen LogP contribution in [0.5, 0.6) is 0 Å². The summed E-state index contributed by atoms with van der Waals surface area (Å²) in [6.45, 7) is 5.18. The molecule has 0 aliphatic heterocycles. The molecule has 0 radical (unpaired) electrons. The molecule has 2 aromatic rings. The summed E-state index contributed by atoms with van der Waals surface area (Å²) in [6, 6.07) is 8.01. The van der Waals surface area contributed by atoms with Crippen molar-refractivity contribution in [1.82, 2.24) is 4.57 Å².